The van der Waals surface area contributed by atoms with E-state index in [9.17, 15) is 4.79 Å². The molecule has 0 saturated carbocycles. The number of benzene rings is 2. The van der Waals surface area contributed by atoms with Crippen LogP contribution in [0, 0.1) is 0 Å². The molecule has 0 spiro atoms. The van der Waals surface area contributed by atoms with Gasteiger partial charge in [0.2, 0.25) is 0 Å². The van der Waals surface area contributed by atoms with Crippen molar-refractivity contribution >= 4 is 17.6 Å². The van der Waals surface area contributed by atoms with Crippen molar-refractivity contribution in [3.63, 3.8) is 0 Å². The summed E-state index contributed by atoms with van der Waals surface area (Å²) in [7, 11) is 0. The van der Waals surface area contributed by atoms with Crippen LogP contribution in [0.25, 0.3) is 11.3 Å². The van der Waals surface area contributed by atoms with E-state index in [1.165, 1.54) is 6.07 Å². The molecular weight excluding hydrogens is 330 g/mol. The van der Waals surface area contributed by atoms with Crippen LogP contribution in [0.15, 0.2) is 65.5 Å². The molecule has 0 fully saturated rings. The fourth-order valence-electron chi connectivity index (χ4n) is 2.39. The Morgan fingerprint density at radius 3 is 2.62 bits per heavy atom. The number of nitrogens with zero attached hydrogens (tertiary/aromatic N) is 1. The Balaban J connectivity index is 1.80. The van der Waals surface area contributed by atoms with Gasteiger partial charge >= 0.3 is 5.95 Å². The van der Waals surface area contributed by atoms with Gasteiger partial charge in [0.05, 0.1) is 12.3 Å². The first-order chi connectivity index (χ1) is 12.6. The summed E-state index contributed by atoms with van der Waals surface area (Å²) < 4.78 is 5.40. The highest BCUT2D eigenvalue weighted by Gasteiger charge is 2.08. The number of ether oxygens (including phenoxy) is 1. The molecule has 5 N–H and O–H groups in total. The SMILES string of the molecule is CCOc1ccc(NC(N)=[NH+]c2nc(-c3ccccc3)cc(=O)[nH]2)cc1. The Morgan fingerprint density at radius 1 is 1.19 bits per heavy atom. The molecule has 26 heavy (non-hydrogen) atoms. The van der Waals surface area contributed by atoms with Crippen LogP contribution < -0.4 is 26.3 Å². The number of aromatic amines is 1. The summed E-state index contributed by atoms with van der Waals surface area (Å²) in [4.78, 5) is 21.8. The molecule has 7 nitrogen and oxygen atoms in total. The lowest BCUT2D eigenvalue weighted by Gasteiger charge is -2.05. The van der Waals surface area contributed by atoms with Crippen LogP contribution in [0.3, 0.4) is 0 Å². The van der Waals surface area contributed by atoms with Crippen molar-refractivity contribution in [3.05, 3.63) is 71.0 Å². The van der Waals surface area contributed by atoms with E-state index in [2.05, 4.69) is 20.3 Å². The number of H-pyrrole nitrogens is 1. The lowest BCUT2D eigenvalue weighted by Crippen LogP contribution is -2.73. The summed E-state index contributed by atoms with van der Waals surface area (Å²) in [5, 5.41) is 3.00. The maximum absolute atomic E-state index is 11.9. The highest BCUT2D eigenvalue weighted by atomic mass is 16.5. The molecule has 1 heterocycles. The highest BCUT2D eigenvalue weighted by molar-refractivity contribution is 5.88. The van der Waals surface area contributed by atoms with Crippen molar-refractivity contribution in [1.29, 1.82) is 0 Å². The fourth-order valence-corrected chi connectivity index (χ4v) is 2.39. The maximum atomic E-state index is 11.9. The normalized spacial score (nSPS) is 11.2. The molecule has 1 aromatic heterocycles. The molecule has 0 atom stereocenters. The van der Waals surface area contributed by atoms with Crippen LogP contribution in [0.4, 0.5) is 11.6 Å². The van der Waals surface area contributed by atoms with Crippen LogP contribution in [-0.2, 0) is 0 Å². The highest BCUT2D eigenvalue weighted by Crippen LogP contribution is 2.15. The molecule has 0 amide bonds. The second kappa shape index (κ2) is 7.98. The number of anilines is 1. The lowest BCUT2D eigenvalue weighted by molar-refractivity contribution is -0.365. The first-order valence-electron chi connectivity index (χ1n) is 8.20. The zero-order valence-electron chi connectivity index (χ0n) is 14.3. The molecule has 0 unspecified atom stereocenters. The molecular formula is C19H20N5O2+. The van der Waals surface area contributed by atoms with Gasteiger partial charge in [-0.25, -0.2) is 9.98 Å². The van der Waals surface area contributed by atoms with Gasteiger partial charge in [-0.05, 0) is 31.2 Å². The van der Waals surface area contributed by atoms with E-state index in [0.717, 1.165) is 17.0 Å². The van der Waals surface area contributed by atoms with Crippen LogP contribution >= 0.6 is 0 Å². The molecule has 2 aromatic carbocycles. The number of aromatic nitrogens is 2. The largest absolute Gasteiger partial charge is 0.494 e. The summed E-state index contributed by atoms with van der Waals surface area (Å²) in [5.41, 5.74) is 7.89. The smallest absolute Gasteiger partial charge is 0.326 e. The number of hydrogen-bond acceptors (Lipinski definition) is 3. The van der Waals surface area contributed by atoms with E-state index in [1.807, 2.05) is 61.5 Å². The van der Waals surface area contributed by atoms with E-state index < -0.39 is 0 Å². The first kappa shape index (κ1) is 17.2. The third-order valence-electron chi connectivity index (χ3n) is 3.51. The number of nitrogens with two attached hydrogens (primary N) is 1. The van der Waals surface area contributed by atoms with E-state index in [1.54, 1.807) is 0 Å². The molecule has 0 saturated heterocycles. The van der Waals surface area contributed by atoms with Gasteiger partial charge in [-0.1, -0.05) is 30.3 Å². The minimum absolute atomic E-state index is 0.238. The lowest BCUT2D eigenvalue weighted by atomic mass is 10.1. The zero-order chi connectivity index (χ0) is 18.4. The van der Waals surface area contributed by atoms with Gasteiger partial charge in [0, 0.05) is 11.6 Å². The number of rotatable bonds is 5. The molecule has 7 heteroatoms. The van der Waals surface area contributed by atoms with Crippen molar-refractivity contribution in [2.45, 2.75) is 6.92 Å². The average Bonchev–Trinajstić information content (AvgIpc) is 2.64. The van der Waals surface area contributed by atoms with E-state index in [0.29, 0.717) is 12.3 Å². The van der Waals surface area contributed by atoms with Crippen molar-refractivity contribution in [1.82, 2.24) is 9.97 Å². The standard InChI is InChI=1S/C19H19N5O2/c1-2-26-15-10-8-14(9-11-15)21-18(20)24-19-22-16(12-17(25)23-19)13-6-4-3-5-7-13/h3-12H,2H2,1H3,(H4,20,21,22,23,24,25)/p+1. The zero-order valence-corrected chi connectivity index (χ0v) is 14.3. The predicted octanol–water partition coefficient (Wildman–Crippen LogP) is 0.974. The van der Waals surface area contributed by atoms with E-state index >= 15 is 0 Å². The molecule has 0 radical (unpaired) electrons. The third-order valence-corrected chi connectivity index (χ3v) is 3.51. The molecule has 132 valence electrons. The third kappa shape index (κ3) is 4.47. The second-order valence-electron chi connectivity index (χ2n) is 5.47. The molecule has 0 aliphatic rings. The number of hydrogen-bond donors (Lipinski definition) is 4. The Morgan fingerprint density at radius 2 is 1.92 bits per heavy atom. The van der Waals surface area contributed by atoms with Gasteiger partial charge < -0.3 is 10.5 Å². The van der Waals surface area contributed by atoms with E-state index in [4.69, 9.17) is 10.5 Å². The minimum Gasteiger partial charge on any atom is -0.494 e. The molecule has 3 rings (SSSR count). The van der Waals surface area contributed by atoms with Crippen molar-refractivity contribution in [3.8, 4) is 17.0 Å². The maximum Gasteiger partial charge on any atom is 0.326 e. The Kier molecular flexibility index (Phi) is 5.28. The molecule has 0 aliphatic heterocycles. The summed E-state index contributed by atoms with van der Waals surface area (Å²) >= 11 is 0. The second-order valence-corrected chi connectivity index (χ2v) is 5.47. The van der Waals surface area contributed by atoms with Gasteiger partial charge in [0.15, 0.2) is 0 Å². The first-order valence-corrected chi connectivity index (χ1v) is 8.20. The van der Waals surface area contributed by atoms with Crippen molar-refractivity contribution < 1.29 is 9.73 Å². The topological polar surface area (TPSA) is 107 Å². The fraction of sp³-hybridized carbons (Fsp3) is 0.105. The summed E-state index contributed by atoms with van der Waals surface area (Å²) in [6.45, 7) is 2.54. The Hall–Kier alpha value is -3.61. The van der Waals surface area contributed by atoms with Gasteiger partial charge in [-0.3, -0.25) is 10.1 Å². The van der Waals surface area contributed by atoms with Crippen LogP contribution in [-0.4, -0.2) is 22.5 Å². The predicted molar refractivity (Wildman–Crippen MR) is 101 cm³/mol. The van der Waals surface area contributed by atoms with Crippen LogP contribution in [0.5, 0.6) is 5.75 Å². The number of nitrogens with one attached hydrogen (secondary N) is 3. The molecule has 3 aromatic rings. The Bertz CT molecular complexity index is 950. The number of guanidine groups is 1. The molecule has 0 bridgehead atoms. The quantitative estimate of drug-likeness (QED) is 0.405. The van der Waals surface area contributed by atoms with Gasteiger partial charge in [0.1, 0.15) is 11.4 Å². The van der Waals surface area contributed by atoms with Crippen LogP contribution in [0.1, 0.15) is 6.92 Å². The van der Waals surface area contributed by atoms with Gasteiger partial charge in [-0.15, -0.1) is 4.98 Å². The monoisotopic (exact) mass is 350 g/mol. The Labute approximate surface area is 150 Å². The summed E-state index contributed by atoms with van der Waals surface area (Å²) in [6, 6.07) is 18.3. The summed E-state index contributed by atoms with van der Waals surface area (Å²) in [6.07, 6.45) is 0. The van der Waals surface area contributed by atoms with E-state index in [-0.39, 0.29) is 17.5 Å². The van der Waals surface area contributed by atoms with Crippen molar-refractivity contribution in [2.24, 2.45) is 5.73 Å². The van der Waals surface area contributed by atoms with Crippen molar-refractivity contribution in [2.75, 3.05) is 11.9 Å². The van der Waals surface area contributed by atoms with Gasteiger partial charge in [-0.2, -0.15) is 0 Å². The average molecular weight is 350 g/mol. The van der Waals surface area contributed by atoms with Gasteiger partial charge in [0.25, 0.3) is 11.5 Å². The summed E-state index contributed by atoms with van der Waals surface area (Å²) in [5.74, 6) is 1.28. The minimum atomic E-state index is -0.268. The molecule has 0 aliphatic carbocycles. The van der Waals surface area contributed by atoms with Crippen LogP contribution in [0.2, 0.25) is 0 Å².